The number of carbonyl (C=O) groups excluding carboxylic acids is 1. The maximum Gasteiger partial charge on any atom is 0.403 e. The van der Waals surface area contributed by atoms with E-state index < -0.39 is 18.3 Å². The fourth-order valence-corrected chi connectivity index (χ4v) is 5.67. The lowest BCUT2D eigenvalue weighted by atomic mass is 9.72. The summed E-state index contributed by atoms with van der Waals surface area (Å²) < 4.78 is 45.3. The normalized spacial score (nSPS) is 18.8. The van der Waals surface area contributed by atoms with Crippen molar-refractivity contribution < 1.29 is 27.8 Å². The van der Waals surface area contributed by atoms with E-state index in [4.69, 9.17) is 32.0 Å². The van der Waals surface area contributed by atoms with Crippen LogP contribution in [-0.2, 0) is 4.79 Å². The molecule has 1 aromatic heterocycles. The summed E-state index contributed by atoms with van der Waals surface area (Å²) >= 11 is 6.57. The maximum atomic E-state index is 13.2. The van der Waals surface area contributed by atoms with Crippen LogP contribution < -0.4 is 20.7 Å². The zero-order valence-electron chi connectivity index (χ0n) is 23.8. The second kappa shape index (κ2) is 11.7. The van der Waals surface area contributed by atoms with E-state index in [0.29, 0.717) is 71.8 Å². The van der Waals surface area contributed by atoms with Crippen LogP contribution in [0.4, 0.5) is 19.0 Å². The minimum atomic E-state index is -4.27. The van der Waals surface area contributed by atoms with Crippen molar-refractivity contribution in [2.24, 2.45) is 11.1 Å². The Hall–Kier alpha value is -2.93. The van der Waals surface area contributed by atoms with Crippen LogP contribution in [0.1, 0.15) is 32.0 Å². The zero-order valence-corrected chi connectivity index (χ0v) is 24.5. The van der Waals surface area contributed by atoms with Gasteiger partial charge in [0.2, 0.25) is 0 Å². The fraction of sp³-hybridized carbons (Fsp3) is 0.536. The Morgan fingerprint density at radius 3 is 2.46 bits per heavy atom. The number of rotatable bonds is 10. The number of carbonyl (C=O) groups is 1. The predicted octanol–water partition coefficient (Wildman–Crippen LogP) is 3.42. The number of ether oxygens (including phenoxy) is 1. The molecule has 2 aliphatic rings. The number of halogens is 4. The Balaban J connectivity index is 1.68. The van der Waals surface area contributed by atoms with Gasteiger partial charge in [0, 0.05) is 55.0 Å². The molecular formula is C28H36ClF3N6O3. The van der Waals surface area contributed by atoms with Crippen molar-refractivity contribution in [1.29, 1.82) is 0 Å². The standard InChI is InChI=1S/C28H36ClF3N6O3/c1-15-24(23(16(2)33)17(3)39)35-25(21-8-20(6-7-22(21)29)41-10-19(40)9-34-5)36-26(15)38-13-27(14-38)11-37(12-27)18(4)28(30,31)32/h6-8,18-19,34,40H,9-14,33H2,1-5H3/t18-,19+/m0/s1. The number of likely N-dealkylation sites (tertiary alicyclic amines) is 1. The highest BCUT2D eigenvalue weighted by molar-refractivity contribution is 6.33. The average Bonchev–Trinajstić information content (AvgIpc) is 2.82. The van der Waals surface area contributed by atoms with Gasteiger partial charge in [0.05, 0.1) is 16.3 Å². The molecule has 0 aliphatic carbocycles. The van der Waals surface area contributed by atoms with Crippen LogP contribution in [0, 0.1) is 12.3 Å². The molecule has 13 heteroatoms. The third kappa shape index (κ3) is 6.45. The average molecular weight is 597 g/mol. The SMILES string of the molecule is CNC[C@@H](O)COc1ccc(Cl)c(-c2nc(C(C(C)=O)=C(C)N)c(C)c(N3CC4(C3)CN([C@@H](C)C(F)(F)F)C4)n2)c1. The lowest BCUT2D eigenvalue weighted by Crippen LogP contribution is -2.74. The molecule has 0 bridgehead atoms. The lowest BCUT2D eigenvalue weighted by molar-refractivity contribution is -0.207. The quantitative estimate of drug-likeness (QED) is 0.355. The van der Waals surface area contributed by atoms with Crippen molar-refractivity contribution in [3.05, 3.63) is 40.2 Å². The Morgan fingerprint density at radius 1 is 1.24 bits per heavy atom. The summed E-state index contributed by atoms with van der Waals surface area (Å²) in [4.78, 5) is 25.6. The van der Waals surface area contributed by atoms with Gasteiger partial charge in [-0.15, -0.1) is 0 Å². The van der Waals surface area contributed by atoms with Crippen LogP contribution in [0.15, 0.2) is 23.9 Å². The molecule has 41 heavy (non-hydrogen) atoms. The van der Waals surface area contributed by atoms with E-state index in [-0.39, 0.29) is 29.2 Å². The number of nitrogens with zero attached hydrogens (tertiary/aromatic N) is 4. The van der Waals surface area contributed by atoms with E-state index >= 15 is 0 Å². The summed E-state index contributed by atoms with van der Waals surface area (Å²) in [7, 11) is 1.73. The maximum absolute atomic E-state index is 13.2. The molecule has 9 nitrogen and oxygen atoms in total. The summed E-state index contributed by atoms with van der Waals surface area (Å²) in [5.41, 5.74) is 7.88. The number of nitrogens with one attached hydrogen (secondary N) is 1. The second-order valence-electron chi connectivity index (χ2n) is 11.1. The van der Waals surface area contributed by atoms with Gasteiger partial charge in [-0.1, -0.05) is 11.6 Å². The zero-order chi connectivity index (χ0) is 30.3. The Kier molecular flexibility index (Phi) is 8.89. The summed E-state index contributed by atoms with van der Waals surface area (Å²) in [6, 6.07) is 3.48. The van der Waals surface area contributed by atoms with Gasteiger partial charge in [-0.2, -0.15) is 13.2 Å². The first-order chi connectivity index (χ1) is 19.2. The van der Waals surface area contributed by atoms with E-state index in [9.17, 15) is 23.1 Å². The number of Topliss-reactive ketones (excluding diaryl/α,β-unsaturated/α-hetero) is 1. The molecule has 2 fully saturated rings. The van der Waals surface area contributed by atoms with Crippen LogP contribution in [0.25, 0.3) is 17.0 Å². The molecule has 2 aromatic rings. The fourth-order valence-electron chi connectivity index (χ4n) is 5.47. The first-order valence-corrected chi connectivity index (χ1v) is 13.7. The number of alkyl halides is 3. The molecule has 0 radical (unpaired) electrons. The Morgan fingerprint density at radius 2 is 1.90 bits per heavy atom. The van der Waals surface area contributed by atoms with Crippen LogP contribution in [0.2, 0.25) is 5.02 Å². The van der Waals surface area contributed by atoms with E-state index in [2.05, 4.69) is 5.32 Å². The van der Waals surface area contributed by atoms with Crippen molar-refractivity contribution in [1.82, 2.24) is 20.2 Å². The predicted molar refractivity (Wildman–Crippen MR) is 152 cm³/mol. The molecule has 2 saturated heterocycles. The third-order valence-electron chi connectivity index (χ3n) is 7.61. The number of allylic oxidation sites excluding steroid dienone is 2. The van der Waals surface area contributed by atoms with Crippen molar-refractivity contribution in [2.75, 3.05) is 51.3 Å². The number of aromatic nitrogens is 2. The third-order valence-corrected chi connectivity index (χ3v) is 7.94. The summed E-state index contributed by atoms with van der Waals surface area (Å²) in [6.07, 6.45) is -4.99. The first-order valence-electron chi connectivity index (χ1n) is 13.3. The number of aliphatic hydroxyl groups is 1. The minimum absolute atomic E-state index is 0.0522. The number of anilines is 1. The number of benzene rings is 1. The van der Waals surface area contributed by atoms with Gasteiger partial charge >= 0.3 is 6.18 Å². The molecule has 2 aliphatic heterocycles. The largest absolute Gasteiger partial charge is 0.491 e. The van der Waals surface area contributed by atoms with E-state index in [1.807, 2.05) is 4.90 Å². The number of likely N-dealkylation sites (N-methyl/N-ethyl adjacent to an activating group) is 1. The Labute approximate surface area is 242 Å². The van der Waals surface area contributed by atoms with Crippen molar-refractivity contribution in [3.63, 3.8) is 0 Å². The van der Waals surface area contributed by atoms with Gasteiger partial charge in [0.25, 0.3) is 0 Å². The van der Waals surface area contributed by atoms with E-state index in [1.54, 1.807) is 39.1 Å². The molecule has 0 saturated carbocycles. The van der Waals surface area contributed by atoms with Crippen molar-refractivity contribution in [2.45, 2.75) is 46.0 Å². The van der Waals surface area contributed by atoms with Gasteiger partial charge in [0.15, 0.2) is 11.6 Å². The molecule has 1 aromatic carbocycles. The number of ketones is 1. The highest BCUT2D eigenvalue weighted by Crippen LogP contribution is 2.46. The van der Waals surface area contributed by atoms with Crippen LogP contribution in [-0.4, -0.2) is 90.5 Å². The number of hydrogen-bond donors (Lipinski definition) is 3. The van der Waals surface area contributed by atoms with Crippen LogP contribution >= 0.6 is 11.6 Å². The molecule has 0 amide bonds. The topological polar surface area (TPSA) is 117 Å². The van der Waals surface area contributed by atoms with E-state index in [0.717, 1.165) is 0 Å². The van der Waals surface area contributed by atoms with Gasteiger partial charge in [0.1, 0.15) is 30.3 Å². The molecule has 4 rings (SSSR count). The molecule has 0 unspecified atom stereocenters. The summed E-state index contributed by atoms with van der Waals surface area (Å²) in [5, 5.41) is 13.2. The first kappa shape index (κ1) is 31.0. The number of hydrogen-bond acceptors (Lipinski definition) is 9. The van der Waals surface area contributed by atoms with Gasteiger partial charge in [-0.05, 0) is 52.9 Å². The number of nitrogens with two attached hydrogens (primary N) is 1. The molecule has 4 N–H and O–H groups in total. The molecule has 3 heterocycles. The second-order valence-corrected chi connectivity index (χ2v) is 11.5. The molecule has 224 valence electrons. The lowest BCUT2D eigenvalue weighted by Gasteiger charge is -2.62. The molecule has 1 spiro atoms. The monoisotopic (exact) mass is 596 g/mol. The summed E-state index contributed by atoms with van der Waals surface area (Å²) in [5.74, 6) is 0.986. The van der Waals surface area contributed by atoms with Crippen molar-refractivity contribution in [3.8, 4) is 17.1 Å². The highest BCUT2D eigenvalue weighted by Gasteiger charge is 2.56. The van der Waals surface area contributed by atoms with Crippen molar-refractivity contribution >= 4 is 28.8 Å². The summed E-state index contributed by atoms with van der Waals surface area (Å²) in [6.45, 7) is 8.16. The Bertz CT molecular complexity index is 1330. The molecular weight excluding hydrogens is 561 g/mol. The number of aliphatic hydroxyl groups excluding tert-OH is 1. The molecule has 2 atom stereocenters. The van der Waals surface area contributed by atoms with Gasteiger partial charge in [-0.3, -0.25) is 9.69 Å². The van der Waals surface area contributed by atoms with Gasteiger partial charge < -0.3 is 25.8 Å². The van der Waals surface area contributed by atoms with Crippen LogP contribution in [0.5, 0.6) is 5.75 Å². The smallest absolute Gasteiger partial charge is 0.403 e. The van der Waals surface area contributed by atoms with Gasteiger partial charge in [-0.25, -0.2) is 9.97 Å². The van der Waals surface area contributed by atoms with Crippen LogP contribution in [0.3, 0.4) is 0 Å². The minimum Gasteiger partial charge on any atom is -0.491 e. The van der Waals surface area contributed by atoms with E-state index in [1.165, 1.54) is 18.7 Å². The highest BCUT2D eigenvalue weighted by atomic mass is 35.5.